The van der Waals surface area contributed by atoms with Crippen molar-refractivity contribution < 1.29 is 46.1 Å². The number of ether oxygens (including phenoxy) is 2. The number of carbonyl (C=O) groups is 2. The first-order valence-corrected chi connectivity index (χ1v) is 11.4. The summed E-state index contributed by atoms with van der Waals surface area (Å²) in [4.78, 5) is 28.2. The molecule has 13 heteroatoms. The molecule has 2 aromatic rings. The molecule has 2 heterocycles. The van der Waals surface area contributed by atoms with Crippen molar-refractivity contribution in [1.29, 1.82) is 0 Å². The number of aromatic nitrogens is 1. The highest BCUT2D eigenvalue weighted by Crippen LogP contribution is 2.55. The monoisotopic (exact) mass is 529 g/mol. The number of nitrogens with one attached hydrogen (secondary N) is 1. The number of anilines is 1. The van der Waals surface area contributed by atoms with Crippen LogP contribution in [-0.2, 0) is 9.53 Å². The number of nitrogens with zero attached hydrogens (tertiary/aromatic N) is 1. The van der Waals surface area contributed by atoms with Gasteiger partial charge in [-0.1, -0.05) is 13.0 Å². The lowest BCUT2D eigenvalue weighted by molar-refractivity contribution is -0.272. The molecule has 1 aromatic heterocycles. The van der Waals surface area contributed by atoms with Gasteiger partial charge in [-0.3, -0.25) is 9.59 Å². The Morgan fingerprint density at radius 2 is 1.89 bits per heavy atom. The molecule has 1 saturated carbocycles. The van der Waals surface area contributed by atoms with Gasteiger partial charge in [-0.05, 0) is 25.1 Å². The van der Waals surface area contributed by atoms with Gasteiger partial charge in [0.25, 0.3) is 11.8 Å². The van der Waals surface area contributed by atoms with Crippen LogP contribution in [0.15, 0.2) is 30.5 Å². The number of hydrogen-bond acceptors (Lipinski definition) is 6. The van der Waals surface area contributed by atoms with Crippen LogP contribution in [0.3, 0.4) is 0 Å². The van der Waals surface area contributed by atoms with E-state index in [-0.39, 0.29) is 29.8 Å². The minimum absolute atomic E-state index is 0.0378. The number of aliphatic hydroxyl groups excluding tert-OH is 1. The summed E-state index contributed by atoms with van der Waals surface area (Å²) in [5.74, 6) is -8.00. The van der Waals surface area contributed by atoms with Crippen molar-refractivity contribution >= 4 is 17.5 Å². The zero-order valence-corrected chi connectivity index (χ0v) is 19.7. The van der Waals surface area contributed by atoms with Crippen molar-refractivity contribution in [3.8, 4) is 5.75 Å². The highest BCUT2D eigenvalue weighted by Gasteiger charge is 2.66. The zero-order valence-electron chi connectivity index (χ0n) is 19.7. The Morgan fingerprint density at radius 3 is 2.43 bits per heavy atom. The van der Waals surface area contributed by atoms with E-state index < -0.39 is 71.1 Å². The maximum absolute atomic E-state index is 14.9. The van der Waals surface area contributed by atoms with Crippen molar-refractivity contribution in [2.75, 3.05) is 5.32 Å². The number of carbonyl (C=O) groups excluding carboxylic acids is 2. The van der Waals surface area contributed by atoms with Crippen LogP contribution < -0.4 is 15.8 Å². The van der Waals surface area contributed by atoms with Crippen molar-refractivity contribution in [3.05, 3.63) is 53.4 Å². The molecule has 1 aromatic carbocycles. The van der Waals surface area contributed by atoms with Gasteiger partial charge in [-0.15, -0.1) is 0 Å². The predicted molar refractivity (Wildman–Crippen MR) is 119 cm³/mol. The lowest BCUT2D eigenvalue weighted by Crippen LogP contribution is -2.47. The number of nitrogens with two attached hydrogens (primary N) is 1. The molecular formula is C24H24F5N3O5. The van der Waals surface area contributed by atoms with Crippen LogP contribution in [0.2, 0.25) is 0 Å². The smallest absolute Gasteiger partial charge is 0.417 e. The van der Waals surface area contributed by atoms with E-state index in [2.05, 4.69) is 10.3 Å². The Kier molecular flexibility index (Phi) is 6.88. The normalized spacial score (nSPS) is 29.5. The third-order valence-electron chi connectivity index (χ3n) is 7.00. The molecule has 1 aliphatic heterocycles. The fraction of sp³-hybridized carbons (Fsp3) is 0.458. The number of aliphatic hydroxyl groups is 1. The molecule has 200 valence electrons. The summed E-state index contributed by atoms with van der Waals surface area (Å²) < 4.78 is 82.3. The zero-order chi connectivity index (χ0) is 27.3. The summed E-state index contributed by atoms with van der Waals surface area (Å²) in [6, 6.07) is 4.29. The molecule has 4 rings (SSSR count). The lowest BCUT2D eigenvalue weighted by Gasteiger charge is -2.34. The topological polar surface area (TPSA) is 124 Å². The molecule has 1 aliphatic carbocycles. The standard InChI is InChI=1S/C24H24F5N3O5/c1-10-17(14-4-5-15(25)18(26)19(14)36-13-7-12(33)8-13)20(37-23(10,2)24(27,28)29)22(35)32-11-3-6-16(21(30)34)31-9-11/h3-6,9-10,12-13,17,20,33H,7-8H2,1-2H3,(H2,30,34)(H,32,35)/t10-,12?,13?,17-,20+,23+/m0/s1. The van der Waals surface area contributed by atoms with Gasteiger partial charge >= 0.3 is 6.18 Å². The highest BCUT2D eigenvalue weighted by atomic mass is 19.4. The van der Waals surface area contributed by atoms with Gasteiger partial charge in [-0.25, -0.2) is 9.37 Å². The second-order valence-corrected chi connectivity index (χ2v) is 9.39. The molecule has 0 radical (unpaired) electrons. The summed E-state index contributed by atoms with van der Waals surface area (Å²) in [7, 11) is 0. The number of rotatable bonds is 6. The number of alkyl halides is 3. The third-order valence-corrected chi connectivity index (χ3v) is 7.00. The Morgan fingerprint density at radius 1 is 1.22 bits per heavy atom. The molecule has 4 N–H and O–H groups in total. The Hall–Kier alpha value is -3.32. The van der Waals surface area contributed by atoms with Crippen LogP contribution in [-0.4, -0.2) is 52.0 Å². The van der Waals surface area contributed by atoms with Gasteiger partial charge in [0.1, 0.15) is 17.9 Å². The second kappa shape index (κ2) is 9.53. The average Bonchev–Trinajstić information content (AvgIpc) is 3.08. The second-order valence-electron chi connectivity index (χ2n) is 9.39. The van der Waals surface area contributed by atoms with Crippen molar-refractivity contribution in [1.82, 2.24) is 4.98 Å². The predicted octanol–water partition coefficient (Wildman–Crippen LogP) is 3.44. The van der Waals surface area contributed by atoms with Gasteiger partial charge in [0.2, 0.25) is 5.82 Å². The van der Waals surface area contributed by atoms with Crippen LogP contribution in [0.4, 0.5) is 27.6 Å². The number of pyridine rings is 1. The van der Waals surface area contributed by atoms with Crippen LogP contribution in [0.5, 0.6) is 5.75 Å². The van der Waals surface area contributed by atoms with Gasteiger partial charge in [0.05, 0.1) is 18.0 Å². The number of amides is 2. The summed E-state index contributed by atoms with van der Waals surface area (Å²) >= 11 is 0. The van der Waals surface area contributed by atoms with Crippen molar-refractivity contribution in [3.63, 3.8) is 0 Å². The van der Waals surface area contributed by atoms with E-state index in [0.717, 1.165) is 25.3 Å². The van der Waals surface area contributed by atoms with Crippen LogP contribution in [0.1, 0.15) is 48.7 Å². The maximum atomic E-state index is 14.9. The Bertz CT molecular complexity index is 1200. The summed E-state index contributed by atoms with van der Waals surface area (Å²) in [5, 5.41) is 11.9. The molecular weight excluding hydrogens is 505 g/mol. The molecule has 4 atom stereocenters. The Labute approximate surface area is 208 Å². The quantitative estimate of drug-likeness (QED) is 0.493. The van der Waals surface area contributed by atoms with E-state index in [0.29, 0.717) is 0 Å². The molecule has 37 heavy (non-hydrogen) atoms. The lowest BCUT2D eigenvalue weighted by atomic mass is 9.76. The molecule has 0 unspecified atom stereocenters. The van der Waals surface area contributed by atoms with E-state index in [9.17, 15) is 36.6 Å². The largest absolute Gasteiger partial charge is 0.487 e. The third kappa shape index (κ3) is 4.85. The van der Waals surface area contributed by atoms with E-state index in [1.807, 2.05) is 0 Å². The number of hydrogen-bond donors (Lipinski definition) is 3. The molecule has 2 amide bonds. The fourth-order valence-electron chi connectivity index (χ4n) is 4.58. The molecule has 0 bridgehead atoms. The molecule has 0 spiro atoms. The van der Waals surface area contributed by atoms with E-state index in [1.54, 1.807) is 0 Å². The molecule has 1 saturated heterocycles. The van der Waals surface area contributed by atoms with E-state index in [4.69, 9.17) is 15.2 Å². The number of benzene rings is 1. The highest BCUT2D eigenvalue weighted by molar-refractivity contribution is 5.96. The van der Waals surface area contributed by atoms with Gasteiger partial charge in [-0.2, -0.15) is 17.6 Å². The SMILES string of the molecule is C[C@H]1[C@@H](c2ccc(F)c(F)c2OC2CC(O)C2)[C@H](C(=O)Nc2ccc(C(N)=O)nc2)O[C@@]1(C)C(F)(F)F. The van der Waals surface area contributed by atoms with Crippen molar-refractivity contribution in [2.45, 2.75) is 62.7 Å². The van der Waals surface area contributed by atoms with Crippen LogP contribution in [0, 0.1) is 17.6 Å². The van der Waals surface area contributed by atoms with Crippen LogP contribution >= 0.6 is 0 Å². The first-order chi connectivity index (χ1) is 17.2. The van der Waals surface area contributed by atoms with Crippen LogP contribution in [0.25, 0.3) is 0 Å². The number of halogens is 5. The minimum Gasteiger partial charge on any atom is -0.487 e. The van der Waals surface area contributed by atoms with Gasteiger partial charge in [0, 0.05) is 30.2 Å². The summed E-state index contributed by atoms with van der Waals surface area (Å²) in [5.41, 5.74) is 2.07. The molecule has 8 nitrogen and oxygen atoms in total. The van der Waals surface area contributed by atoms with Crippen molar-refractivity contribution in [2.24, 2.45) is 11.7 Å². The summed E-state index contributed by atoms with van der Waals surface area (Å²) in [6.45, 7) is 1.98. The molecule has 2 fully saturated rings. The summed E-state index contributed by atoms with van der Waals surface area (Å²) in [6.07, 6.45) is -6.74. The average molecular weight is 529 g/mol. The van der Waals surface area contributed by atoms with E-state index >= 15 is 0 Å². The Balaban J connectivity index is 1.73. The fourth-order valence-corrected chi connectivity index (χ4v) is 4.58. The maximum Gasteiger partial charge on any atom is 0.417 e. The first-order valence-electron chi connectivity index (χ1n) is 11.4. The minimum atomic E-state index is -4.91. The van der Waals surface area contributed by atoms with Gasteiger partial charge < -0.3 is 25.6 Å². The van der Waals surface area contributed by atoms with Gasteiger partial charge in [0.15, 0.2) is 17.2 Å². The number of primary amides is 1. The molecule has 2 aliphatic rings. The van der Waals surface area contributed by atoms with E-state index in [1.165, 1.54) is 19.1 Å². The first kappa shape index (κ1) is 26.7.